The van der Waals surface area contributed by atoms with Crippen molar-refractivity contribution in [1.29, 1.82) is 0 Å². The molecule has 1 aromatic rings. The number of aliphatic imine (C=N–C) groups is 1. The van der Waals surface area contributed by atoms with E-state index in [1.807, 2.05) is 6.92 Å². The Kier molecular flexibility index (Phi) is 7.32. The first-order valence-corrected chi connectivity index (χ1v) is 10.9. The maximum Gasteiger partial charge on any atom is 0.211 e. The van der Waals surface area contributed by atoms with Crippen LogP contribution in [0.3, 0.4) is 0 Å². The van der Waals surface area contributed by atoms with E-state index >= 15 is 0 Å². The van der Waals surface area contributed by atoms with Crippen molar-refractivity contribution in [2.45, 2.75) is 13.8 Å². The number of sulfonamides is 1. The van der Waals surface area contributed by atoms with Gasteiger partial charge in [-0.2, -0.15) is 0 Å². The van der Waals surface area contributed by atoms with Gasteiger partial charge in [-0.05, 0) is 31.4 Å². The summed E-state index contributed by atoms with van der Waals surface area (Å²) in [7, 11) is -3.15. The molecular formula is C15H27N5O2S2. The number of nitrogens with zero attached hydrogens (tertiary/aromatic N) is 3. The topological polar surface area (TPSA) is 77.0 Å². The molecule has 0 spiro atoms. The summed E-state index contributed by atoms with van der Waals surface area (Å²) in [6.45, 7) is 8.98. The Labute approximate surface area is 148 Å². The zero-order valence-corrected chi connectivity index (χ0v) is 16.0. The molecule has 9 heteroatoms. The summed E-state index contributed by atoms with van der Waals surface area (Å²) in [6.07, 6.45) is 0. The average molecular weight is 374 g/mol. The second-order valence-electron chi connectivity index (χ2n) is 5.46. The average Bonchev–Trinajstić information content (AvgIpc) is 3.12. The maximum absolute atomic E-state index is 11.4. The van der Waals surface area contributed by atoms with Gasteiger partial charge in [-0.15, -0.1) is 11.3 Å². The monoisotopic (exact) mass is 373 g/mol. The van der Waals surface area contributed by atoms with E-state index in [1.165, 1.54) is 5.00 Å². The van der Waals surface area contributed by atoms with Crippen LogP contribution in [0.15, 0.2) is 22.5 Å². The molecule has 1 fully saturated rings. The molecule has 24 heavy (non-hydrogen) atoms. The van der Waals surface area contributed by atoms with Gasteiger partial charge in [0.15, 0.2) is 5.96 Å². The summed E-state index contributed by atoms with van der Waals surface area (Å²) in [5.41, 5.74) is 0. The molecule has 0 amide bonds. The van der Waals surface area contributed by atoms with Crippen LogP contribution in [-0.4, -0.2) is 70.8 Å². The van der Waals surface area contributed by atoms with Crippen LogP contribution in [0.4, 0.5) is 5.00 Å². The van der Waals surface area contributed by atoms with Gasteiger partial charge < -0.3 is 15.1 Å². The zero-order chi connectivity index (χ0) is 17.4. The highest BCUT2D eigenvalue weighted by atomic mass is 32.2. The van der Waals surface area contributed by atoms with Crippen molar-refractivity contribution in [2.24, 2.45) is 4.99 Å². The van der Waals surface area contributed by atoms with Gasteiger partial charge >= 0.3 is 0 Å². The van der Waals surface area contributed by atoms with Gasteiger partial charge in [0.2, 0.25) is 10.0 Å². The molecule has 0 radical (unpaired) electrons. The first-order chi connectivity index (χ1) is 11.6. The second-order valence-corrected chi connectivity index (χ2v) is 8.48. The second kappa shape index (κ2) is 9.24. The van der Waals surface area contributed by atoms with Crippen LogP contribution in [0.5, 0.6) is 0 Å². The Morgan fingerprint density at radius 3 is 2.62 bits per heavy atom. The molecule has 1 saturated heterocycles. The number of hydrogen-bond acceptors (Lipinski definition) is 5. The normalized spacial score (nSPS) is 16.5. The molecule has 0 aromatic carbocycles. The standard InChI is InChI=1S/C15H27N5O2S2/c1-3-16-15(17-7-8-18-24(21,22)4-2)20-11-9-19(10-12-20)14-6-5-13-23-14/h5-6,13,18H,3-4,7-12H2,1-2H3,(H,16,17). The van der Waals surface area contributed by atoms with Gasteiger partial charge in [0.1, 0.15) is 0 Å². The third kappa shape index (κ3) is 5.64. The predicted octanol–water partition coefficient (Wildman–Crippen LogP) is 0.775. The number of thiophene rings is 1. The molecule has 7 nitrogen and oxygen atoms in total. The van der Waals surface area contributed by atoms with Crippen molar-refractivity contribution in [1.82, 2.24) is 14.9 Å². The van der Waals surface area contributed by atoms with Crippen molar-refractivity contribution >= 4 is 32.3 Å². The lowest BCUT2D eigenvalue weighted by molar-refractivity contribution is 0.373. The van der Waals surface area contributed by atoms with Gasteiger partial charge in [0.25, 0.3) is 0 Å². The molecule has 2 rings (SSSR count). The van der Waals surface area contributed by atoms with E-state index in [0.29, 0.717) is 13.1 Å². The smallest absolute Gasteiger partial charge is 0.211 e. The lowest BCUT2D eigenvalue weighted by Crippen LogP contribution is -2.52. The van der Waals surface area contributed by atoms with Gasteiger partial charge in [-0.3, -0.25) is 4.99 Å². The fraction of sp³-hybridized carbons (Fsp3) is 0.667. The molecule has 1 aliphatic rings. The minimum absolute atomic E-state index is 0.0987. The van der Waals surface area contributed by atoms with E-state index in [9.17, 15) is 8.42 Å². The van der Waals surface area contributed by atoms with E-state index in [4.69, 9.17) is 0 Å². The number of anilines is 1. The molecule has 1 aromatic heterocycles. The molecule has 0 saturated carbocycles. The number of rotatable bonds is 7. The zero-order valence-electron chi connectivity index (χ0n) is 14.4. The minimum atomic E-state index is -3.15. The lowest BCUT2D eigenvalue weighted by Gasteiger charge is -2.37. The van der Waals surface area contributed by atoms with Crippen molar-refractivity contribution in [3.8, 4) is 0 Å². The summed E-state index contributed by atoms with van der Waals surface area (Å²) < 4.78 is 25.4. The van der Waals surface area contributed by atoms with Crippen molar-refractivity contribution < 1.29 is 8.42 Å². The molecule has 0 aliphatic carbocycles. The Morgan fingerprint density at radius 2 is 2.04 bits per heavy atom. The van der Waals surface area contributed by atoms with Crippen LogP contribution in [0.1, 0.15) is 13.8 Å². The molecule has 0 atom stereocenters. The fourth-order valence-electron chi connectivity index (χ4n) is 2.48. The third-order valence-corrected chi connectivity index (χ3v) is 6.14. The summed E-state index contributed by atoms with van der Waals surface area (Å²) in [5.74, 6) is 0.959. The highest BCUT2D eigenvalue weighted by molar-refractivity contribution is 7.89. The molecule has 2 heterocycles. The fourth-order valence-corrected chi connectivity index (χ4v) is 3.87. The molecule has 1 aliphatic heterocycles. The van der Waals surface area contributed by atoms with Crippen LogP contribution < -0.4 is 14.9 Å². The molecule has 0 bridgehead atoms. The summed E-state index contributed by atoms with van der Waals surface area (Å²) in [6, 6.07) is 4.23. The Morgan fingerprint density at radius 1 is 1.29 bits per heavy atom. The van der Waals surface area contributed by atoms with E-state index in [1.54, 1.807) is 18.3 Å². The maximum atomic E-state index is 11.4. The van der Waals surface area contributed by atoms with Gasteiger partial charge in [0, 0.05) is 39.3 Å². The van der Waals surface area contributed by atoms with E-state index in [0.717, 1.165) is 38.7 Å². The lowest BCUT2D eigenvalue weighted by atomic mass is 10.3. The van der Waals surface area contributed by atoms with Crippen LogP contribution in [0.2, 0.25) is 0 Å². The number of nitrogens with one attached hydrogen (secondary N) is 2. The van der Waals surface area contributed by atoms with Gasteiger partial charge in [-0.25, -0.2) is 13.1 Å². The highest BCUT2D eigenvalue weighted by Gasteiger charge is 2.20. The van der Waals surface area contributed by atoms with E-state index in [-0.39, 0.29) is 5.75 Å². The quantitative estimate of drug-likeness (QED) is 0.419. The van der Waals surface area contributed by atoms with Crippen LogP contribution in [-0.2, 0) is 10.0 Å². The van der Waals surface area contributed by atoms with Crippen molar-refractivity contribution in [2.75, 3.05) is 56.5 Å². The SMILES string of the molecule is CCNC(=NCCNS(=O)(=O)CC)N1CCN(c2cccs2)CC1. The van der Waals surface area contributed by atoms with Crippen LogP contribution in [0.25, 0.3) is 0 Å². The summed E-state index contributed by atoms with van der Waals surface area (Å²) >= 11 is 1.77. The largest absolute Gasteiger partial charge is 0.360 e. The molecular weight excluding hydrogens is 346 g/mol. The first-order valence-electron chi connectivity index (χ1n) is 8.34. The van der Waals surface area contributed by atoms with E-state index in [2.05, 4.69) is 42.3 Å². The predicted molar refractivity (Wildman–Crippen MR) is 102 cm³/mol. The minimum Gasteiger partial charge on any atom is -0.360 e. The number of guanidine groups is 1. The Bertz CT molecular complexity index is 608. The third-order valence-electron chi connectivity index (χ3n) is 3.81. The van der Waals surface area contributed by atoms with Gasteiger partial charge in [-0.1, -0.05) is 0 Å². The molecule has 2 N–H and O–H groups in total. The highest BCUT2D eigenvalue weighted by Crippen LogP contribution is 2.22. The summed E-state index contributed by atoms with van der Waals surface area (Å²) in [5, 5.41) is 6.71. The van der Waals surface area contributed by atoms with Crippen molar-refractivity contribution in [3.63, 3.8) is 0 Å². The first kappa shape index (κ1) is 19.0. The number of piperazine rings is 1. The molecule has 136 valence electrons. The van der Waals surface area contributed by atoms with Crippen LogP contribution >= 0.6 is 11.3 Å². The Balaban J connectivity index is 1.85. The Hall–Kier alpha value is -1.32. The van der Waals surface area contributed by atoms with Crippen molar-refractivity contribution in [3.05, 3.63) is 17.5 Å². The van der Waals surface area contributed by atoms with Crippen LogP contribution in [0, 0.1) is 0 Å². The van der Waals surface area contributed by atoms with Gasteiger partial charge in [0.05, 0.1) is 17.3 Å². The number of hydrogen-bond donors (Lipinski definition) is 2. The molecule has 0 unspecified atom stereocenters. The van der Waals surface area contributed by atoms with E-state index < -0.39 is 10.0 Å². The summed E-state index contributed by atoms with van der Waals surface area (Å²) in [4.78, 5) is 9.18.